The van der Waals surface area contributed by atoms with Gasteiger partial charge in [0.2, 0.25) is 11.8 Å². The molecule has 1 aromatic heterocycles. The highest BCUT2D eigenvalue weighted by molar-refractivity contribution is 6.33. The number of carbonyl (C=O) groups is 2. The van der Waals surface area contributed by atoms with Crippen molar-refractivity contribution >= 4 is 29.2 Å². The van der Waals surface area contributed by atoms with E-state index < -0.39 is 11.8 Å². The molecular formula is C15H15ClN4O2. The summed E-state index contributed by atoms with van der Waals surface area (Å²) < 4.78 is 0. The number of aromatic nitrogens is 1. The Morgan fingerprint density at radius 1 is 1.18 bits per heavy atom. The molecule has 4 N–H and O–H groups in total. The summed E-state index contributed by atoms with van der Waals surface area (Å²) in [5, 5.41) is 0.324. The highest BCUT2D eigenvalue weighted by atomic mass is 35.5. The second-order valence-electron chi connectivity index (χ2n) is 4.81. The third-order valence-corrected chi connectivity index (χ3v) is 3.38. The Labute approximate surface area is 132 Å². The molecular weight excluding hydrogens is 304 g/mol. The molecule has 0 aliphatic rings. The number of rotatable bonds is 5. The molecule has 0 radical (unpaired) electrons. The predicted molar refractivity (Wildman–Crippen MR) is 84.8 cm³/mol. The highest BCUT2D eigenvalue weighted by Crippen LogP contribution is 2.24. The summed E-state index contributed by atoms with van der Waals surface area (Å²) in [5.74, 6) is -0.555. The van der Waals surface area contributed by atoms with E-state index in [1.54, 1.807) is 30.1 Å². The van der Waals surface area contributed by atoms with Crippen LogP contribution in [0.4, 0.5) is 5.82 Å². The Morgan fingerprint density at radius 3 is 2.45 bits per heavy atom. The zero-order chi connectivity index (χ0) is 16.3. The van der Waals surface area contributed by atoms with Crippen LogP contribution in [0.25, 0.3) is 0 Å². The quantitative estimate of drug-likeness (QED) is 0.873. The lowest BCUT2D eigenvalue weighted by Gasteiger charge is -2.20. The van der Waals surface area contributed by atoms with Gasteiger partial charge in [0, 0.05) is 25.4 Å². The van der Waals surface area contributed by atoms with Gasteiger partial charge in [-0.25, -0.2) is 4.98 Å². The first-order chi connectivity index (χ1) is 10.4. The Kier molecular flexibility index (Phi) is 4.62. The fourth-order valence-corrected chi connectivity index (χ4v) is 2.33. The molecule has 1 aromatic carbocycles. The first-order valence-corrected chi connectivity index (χ1v) is 6.81. The van der Waals surface area contributed by atoms with E-state index in [-0.39, 0.29) is 5.56 Å². The van der Waals surface area contributed by atoms with E-state index in [2.05, 4.69) is 4.98 Å². The van der Waals surface area contributed by atoms with Crippen molar-refractivity contribution in [1.29, 1.82) is 0 Å². The lowest BCUT2D eigenvalue weighted by Crippen LogP contribution is -2.20. The Balaban J connectivity index is 2.22. The number of nitrogens with zero attached hydrogens (tertiary/aromatic N) is 2. The van der Waals surface area contributed by atoms with Crippen LogP contribution in [0, 0.1) is 0 Å². The zero-order valence-electron chi connectivity index (χ0n) is 11.9. The van der Waals surface area contributed by atoms with Crippen LogP contribution in [0.15, 0.2) is 36.5 Å². The molecule has 1 heterocycles. The van der Waals surface area contributed by atoms with Gasteiger partial charge in [0.1, 0.15) is 5.82 Å². The van der Waals surface area contributed by atoms with Crippen LogP contribution < -0.4 is 16.4 Å². The molecule has 0 bridgehead atoms. The normalized spacial score (nSPS) is 10.3. The maximum atomic E-state index is 11.2. The molecule has 0 saturated heterocycles. The molecule has 0 unspecified atom stereocenters. The second kappa shape index (κ2) is 6.44. The highest BCUT2D eigenvalue weighted by Gasteiger charge is 2.12. The van der Waals surface area contributed by atoms with Crippen LogP contribution >= 0.6 is 11.6 Å². The van der Waals surface area contributed by atoms with Crippen molar-refractivity contribution in [3.8, 4) is 0 Å². The Morgan fingerprint density at radius 2 is 1.86 bits per heavy atom. The average molecular weight is 319 g/mol. The van der Waals surface area contributed by atoms with Crippen LogP contribution in [-0.2, 0) is 6.54 Å². The Bertz CT molecular complexity index is 733. The maximum Gasteiger partial charge on any atom is 0.250 e. The third kappa shape index (κ3) is 3.53. The van der Waals surface area contributed by atoms with Gasteiger partial charge in [-0.05, 0) is 23.8 Å². The molecule has 22 heavy (non-hydrogen) atoms. The van der Waals surface area contributed by atoms with Crippen LogP contribution in [0.3, 0.4) is 0 Å². The molecule has 0 fully saturated rings. The fourth-order valence-electron chi connectivity index (χ4n) is 2.02. The van der Waals surface area contributed by atoms with Crippen molar-refractivity contribution in [2.24, 2.45) is 11.5 Å². The van der Waals surface area contributed by atoms with Gasteiger partial charge in [0.05, 0.1) is 10.6 Å². The van der Waals surface area contributed by atoms with E-state index in [4.69, 9.17) is 23.1 Å². The molecule has 0 aliphatic carbocycles. The smallest absolute Gasteiger partial charge is 0.250 e. The maximum absolute atomic E-state index is 11.2. The molecule has 6 nitrogen and oxygen atoms in total. The monoisotopic (exact) mass is 318 g/mol. The molecule has 0 saturated carbocycles. The van der Waals surface area contributed by atoms with Crippen LogP contribution in [-0.4, -0.2) is 23.8 Å². The number of hydrogen-bond acceptors (Lipinski definition) is 4. The molecule has 0 atom stereocenters. The van der Waals surface area contributed by atoms with E-state index in [0.717, 1.165) is 5.56 Å². The van der Waals surface area contributed by atoms with Gasteiger partial charge in [0.25, 0.3) is 0 Å². The number of hydrogen-bond donors (Lipinski definition) is 2. The number of amides is 2. The van der Waals surface area contributed by atoms with E-state index in [9.17, 15) is 9.59 Å². The largest absolute Gasteiger partial charge is 0.366 e. The molecule has 2 rings (SSSR count). The Hall–Kier alpha value is -2.60. The summed E-state index contributed by atoms with van der Waals surface area (Å²) in [6, 6.07) is 8.47. The fraction of sp³-hybridized carbons (Fsp3) is 0.133. The molecule has 0 spiro atoms. The topological polar surface area (TPSA) is 102 Å². The summed E-state index contributed by atoms with van der Waals surface area (Å²) in [6.45, 7) is 0.476. The van der Waals surface area contributed by atoms with Gasteiger partial charge in [-0.2, -0.15) is 0 Å². The van der Waals surface area contributed by atoms with E-state index >= 15 is 0 Å². The van der Waals surface area contributed by atoms with Crippen molar-refractivity contribution in [3.63, 3.8) is 0 Å². The summed E-state index contributed by atoms with van der Waals surface area (Å²) in [6.07, 6.45) is 1.37. The van der Waals surface area contributed by atoms with Gasteiger partial charge in [0.15, 0.2) is 0 Å². The van der Waals surface area contributed by atoms with Gasteiger partial charge < -0.3 is 16.4 Å². The van der Waals surface area contributed by atoms with Crippen LogP contribution in [0.2, 0.25) is 5.02 Å². The summed E-state index contributed by atoms with van der Waals surface area (Å²) in [7, 11) is 1.80. The van der Waals surface area contributed by atoms with Crippen molar-refractivity contribution in [2.75, 3.05) is 11.9 Å². The van der Waals surface area contributed by atoms with Crippen LogP contribution in [0.1, 0.15) is 26.3 Å². The molecule has 2 amide bonds. The van der Waals surface area contributed by atoms with Crippen LogP contribution in [0.5, 0.6) is 0 Å². The molecule has 7 heteroatoms. The predicted octanol–water partition coefficient (Wildman–Crippen LogP) is 1.57. The number of carbonyl (C=O) groups excluding carboxylic acids is 2. The van der Waals surface area contributed by atoms with Gasteiger partial charge in [-0.15, -0.1) is 0 Å². The number of nitrogens with two attached hydrogens (primary N) is 2. The standard InChI is InChI=1S/C15H15ClN4O2/c1-20(8-9-3-2-4-10(5-9)13(17)21)15-12(16)6-11(7-19-15)14(18)22/h2-7H,8H2,1H3,(H2,17,21)(H2,18,22). The van der Waals surface area contributed by atoms with E-state index in [1.165, 1.54) is 12.3 Å². The SMILES string of the molecule is CN(Cc1cccc(C(N)=O)c1)c1ncc(C(N)=O)cc1Cl. The van der Waals surface area contributed by atoms with Crippen molar-refractivity contribution in [3.05, 3.63) is 58.2 Å². The minimum atomic E-state index is -0.585. The first kappa shape index (κ1) is 15.8. The zero-order valence-corrected chi connectivity index (χ0v) is 12.7. The summed E-state index contributed by atoms with van der Waals surface area (Å²) in [4.78, 5) is 28.2. The average Bonchev–Trinajstić information content (AvgIpc) is 2.47. The molecule has 0 aliphatic heterocycles. The molecule has 2 aromatic rings. The number of benzene rings is 1. The van der Waals surface area contributed by atoms with Crippen molar-refractivity contribution in [1.82, 2.24) is 4.98 Å². The number of pyridine rings is 1. The van der Waals surface area contributed by atoms with Crippen molar-refractivity contribution in [2.45, 2.75) is 6.54 Å². The van der Waals surface area contributed by atoms with E-state index in [1.807, 2.05) is 6.07 Å². The third-order valence-electron chi connectivity index (χ3n) is 3.10. The molecule has 114 valence electrons. The lowest BCUT2D eigenvalue weighted by molar-refractivity contribution is 0.0991. The lowest BCUT2D eigenvalue weighted by atomic mass is 10.1. The second-order valence-corrected chi connectivity index (χ2v) is 5.22. The number of halogens is 1. The van der Waals surface area contributed by atoms with Gasteiger partial charge in [-0.1, -0.05) is 23.7 Å². The first-order valence-electron chi connectivity index (χ1n) is 6.43. The number of primary amides is 2. The minimum absolute atomic E-state index is 0.248. The minimum Gasteiger partial charge on any atom is -0.366 e. The van der Waals surface area contributed by atoms with E-state index in [0.29, 0.717) is 22.9 Å². The summed E-state index contributed by atoms with van der Waals surface area (Å²) in [5.41, 5.74) is 12.0. The van der Waals surface area contributed by atoms with Gasteiger partial charge in [-0.3, -0.25) is 9.59 Å². The summed E-state index contributed by atoms with van der Waals surface area (Å²) >= 11 is 6.13. The van der Waals surface area contributed by atoms with Crippen molar-refractivity contribution < 1.29 is 9.59 Å². The van der Waals surface area contributed by atoms with Gasteiger partial charge >= 0.3 is 0 Å². The number of anilines is 1.